The van der Waals surface area contributed by atoms with Crippen LogP contribution in [0.5, 0.6) is 11.5 Å². The van der Waals surface area contributed by atoms with Crippen LogP contribution < -0.4 is 9.47 Å². The Morgan fingerprint density at radius 2 is 1.79 bits per heavy atom. The molecule has 19 heavy (non-hydrogen) atoms. The van der Waals surface area contributed by atoms with Gasteiger partial charge in [0, 0.05) is 5.56 Å². The molecule has 1 atom stereocenters. The minimum atomic E-state index is -0.00771. The highest BCUT2D eigenvalue weighted by atomic mass is 35.5. The van der Waals surface area contributed by atoms with Crippen molar-refractivity contribution >= 4 is 11.6 Å². The normalized spacial score (nSPS) is 12.2. The Hall–Kier alpha value is -0.890. The molecule has 0 radical (unpaired) electrons. The van der Waals surface area contributed by atoms with E-state index in [2.05, 4.69) is 6.92 Å². The van der Waals surface area contributed by atoms with E-state index < -0.39 is 0 Å². The zero-order valence-electron chi connectivity index (χ0n) is 12.2. The first-order valence-electron chi connectivity index (χ1n) is 7.09. The van der Waals surface area contributed by atoms with E-state index in [1.54, 1.807) is 14.2 Å². The highest BCUT2D eigenvalue weighted by Crippen LogP contribution is 2.36. The van der Waals surface area contributed by atoms with Crippen LogP contribution in [0.3, 0.4) is 0 Å². The average molecular weight is 285 g/mol. The zero-order chi connectivity index (χ0) is 14.1. The quantitative estimate of drug-likeness (QED) is 0.450. The van der Waals surface area contributed by atoms with Crippen LogP contribution in [0.1, 0.15) is 56.4 Å². The van der Waals surface area contributed by atoms with Crippen molar-refractivity contribution in [2.24, 2.45) is 0 Å². The van der Waals surface area contributed by atoms with Gasteiger partial charge in [-0.15, -0.1) is 11.6 Å². The van der Waals surface area contributed by atoms with Crippen LogP contribution in [0.4, 0.5) is 0 Å². The molecule has 1 aromatic rings. The van der Waals surface area contributed by atoms with Crippen LogP contribution in [-0.4, -0.2) is 14.2 Å². The van der Waals surface area contributed by atoms with Gasteiger partial charge in [0.25, 0.3) is 0 Å². The summed E-state index contributed by atoms with van der Waals surface area (Å²) in [6, 6.07) is 5.79. The fourth-order valence-corrected chi connectivity index (χ4v) is 2.49. The summed E-state index contributed by atoms with van der Waals surface area (Å²) in [5, 5.41) is -0.00771. The van der Waals surface area contributed by atoms with Gasteiger partial charge >= 0.3 is 0 Å². The molecule has 3 heteroatoms. The Bertz CT molecular complexity index is 366. The maximum absolute atomic E-state index is 6.50. The van der Waals surface area contributed by atoms with Crippen molar-refractivity contribution in [1.82, 2.24) is 0 Å². The summed E-state index contributed by atoms with van der Waals surface area (Å²) in [6.07, 6.45) is 7.28. The van der Waals surface area contributed by atoms with Crippen molar-refractivity contribution < 1.29 is 9.47 Å². The SMILES string of the molecule is CCCCCCCC(Cl)c1cc(OC)ccc1OC. The van der Waals surface area contributed by atoms with Gasteiger partial charge in [0.05, 0.1) is 19.6 Å². The Kier molecular flexibility index (Phi) is 7.73. The lowest BCUT2D eigenvalue weighted by Gasteiger charge is -2.15. The highest BCUT2D eigenvalue weighted by Gasteiger charge is 2.14. The number of methoxy groups -OCH3 is 2. The molecular formula is C16H25ClO2. The van der Waals surface area contributed by atoms with E-state index in [0.717, 1.165) is 29.9 Å². The second-order valence-corrected chi connectivity index (χ2v) is 5.31. The Balaban J connectivity index is 2.56. The molecule has 2 nitrogen and oxygen atoms in total. The highest BCUT2D eigenvalue weighted by molar-refractivity contribution is 6.21. The molecule has 1 aromatic carbocycles. The summed E-state index contributed by atoms with van der Waals surface area (Å²) >= 11 is 6.50. The Morgan fingerprint density at radius 3 is 2.42 bits per heavy atom. The van der Waals surface area contributed by atoms with Gasteiger partial charge in [-0.2, -0.15) is 0 Å². The molecule has 0 aliphatic carbocycles. The third-order valence-corrected chi connectivity index (χ3v) is 3.79. The van der Waals surface area contributed by atoms with Gasteiger partial charge in [0.15, 0.2) is 0 Å². The smallest absolute Gasteiger partial charge is 0.123 e. The number of rotatable bonds is 9. The lowest BCUT2D eigenvalue weighted by Crippen LogP contribution is -1.97. The van der Waals surface area contributed by atoms with E-state index in [1.165, 1.54) is 25.7 Å². The summed E-state index contributed by atoms with van der Waals surface area (Å²) in [4.78, 5) is 0. The van der Waals surface area contributed by atoms with Crippen molar-refractivity contribution in [3.05, 3.63) is 23.8 Å². The fourth-order valence-electron chi connectivity index (χ4n) is 2.17. The van der Waals surface area contributed by atoms with E-state index in [1.807, 2.05) is 18.2 Å². The molecular weight excluding hydrogens is 260 g/mol. The van der Waals surface area contributed by atoms with Crippen molar-refractivity contribution in [2.45, 2.75) is 50.8 Å². The maximum atomic E-state index is 6.50. The molecule has 0 heterocycles. The van der Waals surface area contributed by atoms with E-state index in [4.69, 9.17) is 21.1 Å². The number of hydrogen-bond acceptors (Lipinski definition) is 2. The van der Waals surface area contributed by atoms with Crippen LogP contribution in [-0.2, 0) is 0 Å². The van der Waals surface area contributed by atoms with E-state index >= 15 is 0 Å². The predicted molar refractivity (Wildman–Crippen MR) is 81.5 cm³/mol. The van der Waals surface area contributed by atoms with Crippen molar-refractivity contribution in [1.29, 1.82) is 0 Å². The molecule has 1 unspecified atom stereocenters. The monoisotopic (exact) mass is 284 g/mol. The average Bonchev–Trinajstić information content (AvgIpc) is 2.46. The first kappa shape index (κ1) is 16.2. The second-order valence-electron chi connectivity index (χ2n) is 4.78. The van der Waals surface area contributed by atoms with E-state index in [9.17, 15) is 0 Å². The van der Waals surface area contributed by atoms with Gasteiger partial charge in [-0.25, -0.2) is 0 Å². The molecule has 0 spiro atoms. The lowest BCUT2D eigenvalue weighted by molar-refractivity contribution is 0.397. The molecule has 0 N–H and O–H groups in total. The molecule has 0 fully saturated rings. The largest absolute Gasteiger partial charge is 0.497 e. The first-order chi connectivity index (χ1) is 9.22. The molecule has 1 rings (SSSR count). The van der Waals surface area contributed by atoms with Crippen molar-refractivity contribution in [3.8, 4) is 11.5 Å². The number of halogens is 1. The van der Waals surface area contributed by atoms with E-state index in [0.29, 0.717) is 0 Å². The predicted octanol–water partition coefficient (Wildman–Crippen LogP) is 5.34. The maximum Gasteiger partial charge on any atom is 0.123 e. The van der Waals surface area contributed by atoms with Crippen LogP contribution in [0.2, 0.25) is 0 Å². The fraction of sp³-hybridized carbons (Fsp3) is 0.625. The van der Waals surface area contributed by atoms with Gasteiger partial charge in [0.1, 0.15) is 11.5 Å². The molecule has 0 aromatic heterocycles. The summed E-state index contributed by atoms with van der Waals surface area (Å²) in [5.74, 6) is 1.67. The molecule has 0 bridgehead atoms. The van der Waals surface area contributed by atoms with Crippen LogP contribution in [0.25, 0.3) is 0 Å². The van der Waals surface area contributed by atoms with Gasteiger partial charge in [-0.05, 0) is 24.6 Å². The van der Waals surface area contributed by atoms with Crippen molar-refractivity contribution in [2.75, 3.05) is 14.2 Å². The minimum absolute atomic E-state index is 0.00771. The van der Waals surface area contributed by atoms with Gasteiger partial charge in [0.2, 0.25) is 0 Å². The molecule has 0 amide bonds. The standard InChI is InChI=1S/C16H25ClO2/c1-4-5-6-7-8-9-15(17)14-12-13(18-2)10-11-16(14)19-3/h10-12,15H,4-9H2,1-3H3. The first-order valence-corrected chi connectivity index (χ1v) is 7.52. The zero-order valence-corrected chi connectivity index (χ0v) is 13.0. The number of unbranched alkanes of at least 4 members (excludes halogenated alkanes) is 4. The molecule has 0 saturated carbocycles. The summed E-state index contributed by atoms with van der Waals surface area (Å²) < 4.78 is 10.6. The van der Waals surface area contributed by atoms with Crippen LogP contribution in [0, 0.1) is 0 Å². The third-order valence-electron chi connectivity index (χ3n) is 3.34. The molecule has 0 saturated heterocycles. The number of hydrogen-bond donors (Lipinski definition) is 0. The van der Waals surface area contributed by atoms with Gasteiger partial charge < -0.3 is 9.47 Å². The summed E-state index contributed by atoms with van der Waals surface area (Å²) in [5.41, 5.74) is 1.03. The van der Waals surface area contributed by atoms with Crippen molar-refractivity contribution in [3.63, 3.8) is 0 Å². The Morgan fingerprint density at radius 1 is 1.05 bits per heavy atom. The second kappa shape index (κ2) is 9.08. The lowest BCUT2D eigenvalue weighted by atomic mass is 10.0. The molecule has 0 aliphatic rings. The van der Waals surface area contributed by atoms with Crippen LogP contribution in [0.15, 0.2) is 18.2 Å². The third kappa shape index (κ3) is 5.32. The molecule has 108 valence electrons. The summed E-state index contributed by atoms with van der Waals surface area (Å²) in [6.45, 7) is 2.23. The molecule has 0 aliphatic heterocycles. The summed E-state index contributed by atoms with van der Waals surface area (Å²) in [7, 11) is 3.34. The minimum Gasteiger partial charge on any atom is -0.497 e. The Labute approximate surface area is 122 Å². The number of ether oxygens (including phenoxy) is 2. The van der Waals surface area contributed by atoms with Crippen LogP contribution >= 0.6 is 11.6 Å². The van der Waals surface area contributed by atoms with Gasteiger partial charge in [-0.3, -0.25) is 0 Å². The number of benzene rings is 1. The topological polar surface area (TPSA) is 18.5 Å². The number of alkyl halides is 1. The van der Waals surface area contributed by atoms with E-state index in [-0.39, 0.29) is 5.38 Å². The van der Waals surface area contributed by atoms with Gasteiger partial charge in [-0.1, -0.05) is 39.0 Å².